The molecule has 0 fully saturated rings. The highest BCUT2D eigenvalue weighted by atomic mass is 35.5. The van der Waals surface area contributed by atoms with Crippen LogP contribution in [0.5, 0.6) is 0 Å². The van der Waals surface area contributed by atoms with Crippen LogP contribution in [0.1, 0.15) is 20.2 Å². The molecule has 0 aliphatic heterocycles. The Kier molecular flexibility index (Phi) is 4.58. The van der Waals surface area contributed by atoms with Gasteiger partial charge in [0, 0.05) is 10.0 Å². The van der Waals surface area contributed by atoms with E-state index in [9.17, 15) is 4.79 Å². The van der Waals surface area contributed by atoms with Crippen molar-refractivity contribution >= 4 is 52.7 Å². The van der Waals surface area contributed by atoms with Gasteiger partial charge in [-0.1, -0.05) is 35.3 Å². The second-order valence-corrected chi connectivity index (χ2v) is 5.46. The third-order valence-corrected chi connectivity index (χ3v) is 3.78. The van der Waals surface area contributed by atoms with Crippen LogP contribution < -0.4 is 0 Å². The summed E-state index contributed by atoms with van der Waals surface area (Å²) < 4.78 is 4.62. The van der Waals surface area contributed by atoms with E-state index in [1.165, 1.54) is 24.6 Å². The molecule has 1 heterocycles. The van der Waals surface area contributed by atoms with E-state index in [1.807, 2.05) is 12.1 Å². The maximum atomic E-state index is 11.3. The molecule has 0 radical (unpaired) electrons. The quantitative estimate of drug-likeness (QED) is 0.788. The number of halogens is 2. The molecule has 6 heteroatoms. The number of ether oxygens (including phenoxy) is 1. The first-order chi connectivity index (χ1) is 9.10. The molecule has 1 aromatic heterocycles. The van der Waals surface area contributed by atoms with Crippen LogP contribution in [-0.2, 0) is 4.74 Å². The summed E-state index contributed by atoms with van der Waals surface area (Å²) in [4.78, 5) is 15.9. The van der Waals surface area contributed by atoms with Crippen molar-refractivity contribution in [2.24, 2.45) is 0 Å². The predicted octanol–water partition coefficient (Wildman–Crippen LogP) is 4.41. The average Bonchev–Trinajstić information content (AvgIpc) is 2.85. The highest BCUT2D eigenvalue weighted by molar-refractivity contribution is 7.14. The average molecular weight is 314 g/mol. The van der Waals surface area contributed by atoms with Crippen LogP contribution in [0.2, 0.25) is 10.0 Å². The van der Waals surface area contributed by atoms with E-state index in [-0.39, 0.29) is 5.97 Å². The molecule has 0 saturated heterocycles. The van der Waals surface area contributed by atoms with Crippen LogP contribution in [0.15, 0.2) is 24.4 Å². The van der Waals surface area contributed by atoms with Crippen molar-refractivity contribution in [3.8, 4) is 0 Å². The molecular weight excluding hydrogens is 305 g/mol. The van der Waals surface area contributed by atoms with E-state index in [0.717, 1.165) is 5.56 Å². The number of esters is 1. The molecule has 19 heavy (non-hydrogen) atoms. The lowest BCUT2D eigenvalue weighted by Gasteiger charge is -1.97. The minimum atomic E-state index is -0.387. The van der Waals surface area contributed by atoms with Gasteiger partial charge in [-0.2, -0.15) is 0 Å². The minimum absolute atomic E-state index is 0.387. The van der Waals surface area contributed by atoms with Crippen LogP contribution in [0.25, 0.3) is 12.2 Å². The zero-order chi connectivity index (χ0) is 13.8. The molecule has 2 rings (SSSR count). The van der Waals surface area contributed by atoms with Gasteiger partial charge in [-0.15, -0.1) is 11.3 Å². The Morgan fingerprint density at radius 3 is 2.84 bits per heavy atom. The highest BCUT2D eigenvalue weighted by Gasteiger charge is 2.08. The SMILES string of the molecule is COC(=O)c1cnc(/C=C/c2ccc(Cl)cc2Cl)s1. The van der Waals surface area contributed by atoms with Crippen molar-refractivity contribution in [2.45, 2.75) is 0 Å². The Hall–Kier alpha value is -1.36. The summed E-state index contributed by atoms with van der Waals surface area (Å²) in [5.41, 5.74) is 0.834. The van der Waals surface area contributed by atoms with Gasteiger partial charge in [0.15, 0.2) is 0 Å². The maximum Gasteiger partial charge on any atom is 0.349 e. The van der Waals surface area contributed by atoms with Gasteiger partial charge < -0.3 is 4.74 Å². The molecule has 0 aliphatic rings. The first-order valence-electron chi connectivity index (χ1n) is 5.27. The third-order valence-electron chi connectivity index (χ3n) is 2.28. The molecule has 2 aromatic rings. The topological polar surface area (TPSA) is 39.2 Å². The summed E-state index contributed by atoms with van der Waals surface area (Å²) in [7, 11) is 1.34. The van der Waals surface area contributed by atoms with Crippen LogP contribution in [0.3, 0.4) is 0 Å². The van der Waals surface area contributed by atoms with E-state index in [1.54, 1.807) is 18.2 Å². The first-order valence-corrected chi connectivity index (χ1v) is 6.84. The normalized spacial score (nSPS) is 10.9. The van der Waals surface area contributed by atoms with Gasteiger partial charge >= 0.3 is 5.97 Å². The van der Waals surface area contributed by atoms with Crippen molar-refractivity contribution in [1.82, 2.24) is 4.98 Å². The van der Waals surface area contributed by atoms with Crippen LogP contribution in [0.4, 0.5) is 0 Å². The van der Waals surface area contributed by atoms with Gasteiger partial charge in [-0.05, 0) is 23.8 Å². The molecule has 0 atom stereocenters. The molecule has 98 valence electrons. The second-order valence-electron chi connectivity index (χ2n) is 3.55. The molecule has 0 aliphatic carbocycles. The van der Waals surface area contributed by atoms with Gasteiger partial charge in [-0.25, -0.2) is 9.78 Å². The number of thiazole rings is 1. The lowest BCUT2D eigenvalue weighted by atomic mass is 10.2. The van der Waals surface area contributed by atoms with E-state index < -0.39 is 0 Å². The molecule has 1 aromatic carbocycles. The lowest BCUT2D eigenvalue weighted by molar-refractivity contribution is 0.0606. The highest BCUT2D eigenvalue weighted by Crippen LogP contribution is 2.23. The summed E-state index contributed by atoms with van der Waals surface area (Å²) in [5, 5.41) is 1.85. The molecule has 0 spiro atoms. The summed E-state index contributed by atoms with van der Waals surface area (Å²) >= 11 is 13.1. The number of hydrogen-bond acceptors (Lipinski definition) is 4. The van der Waals surface area contributed by atoms with Gasteiger partial charge in [0.2, 0.25) is 0 Å². The van der Waals surface area contributed by atoms with Gasteiger partial charge in [-0.3, -0.25) is 0 Å². The smallest absolute Gasteiger partial charge is 0.349 e. The number of carbonyl (C=O) groups is 1. The minimum Gasteiger partial charge on any atom is -0.465 e. The zero-order valence-electron chi connectivity index (χ0n) is 9.89. The van der Waals surface area contributed by atoms with Crippen molar-refractivity contribution in [3.05, 3.63) is 49.9 Å². The fraction of sp³-hybridized carbons (Fsp3) is 0.0769. The van der Waals surface area contributed by atoms with E-state index in [2.05, 4.69) is 9.72 Å². The number of methoxy groups -OCH3 is 1. The van der Waals surface area contributed by atoms with Gasteiger partial charge in [0.1, 0.15) is 9.88 Å². The summed E-state index contributed by atoms with van der Waals surface area (Å²) in [6, 6.07) is 5.25. The lowest BCUT2D eigenvalue weighted by Crippen LogP contribution is -1.96. The molecule has 0 unspecified atom stereocenters. The number of carbonyl (C=O) groups excluding carboxylic acids is 1. The summed E-state index contributed by atoms with van der Waals surface area (Å²) in [5.74, 6) is -0.387. The molecule has 0 N–H and O–H groups in total. The standard InChI is InChI=1S/C13H9Cl2NO2S/c1-18-13(17)11-7-16-12(19-11)5-3-8-2-4-9(14)6-10(8)15/h2-7H,1H3/b5-3+. The predicted molar refractivity (Wildman–Crippen MR) is 78.8 cm³/mol. The van der Waals surface area contributed by atoms with Gasteiger partial charge in [0.05, 0.1) is 13.3 Å². The Bertz CT molecular complexity index is 637. The molecule has 0 saturated carbocycles. The molecular formula is C13H9Cl2NO2S. The number of hydrogen-bond donors (Lipinski definition) is 0. The Balaban J connectivity index is 2.18. The third kappa shape index (κ3) is 3.56. The maximum absolute atomic E-state index is 11.3. The van der Waals surface area contributed by atoms with Crippen molar-refractivity contribution in [2.75, 3.05) is 7.11 Å². The summed E-state index contributed by atoms with van der Waals surface area (Å²) in [6.07, 6.45) is 5.09. The Morgan fingerprint density at radius 2 is 2.16 bits per heavy atom. The second kappa shape index (κ2) is 6.19. The van der Waals surface area contributed by atoms with Crippen LogP contribution in [0, 0.1) is 0 Å². The summed E-state index contributed by atoms with van der Waals surface area (Å²) in [6.45, 7) is 0. The molecule has 0 amide bonds. The van der Waals surface area contributed by atoms with Crippen LogP contribution >= 0.6 is 34.5 Å². The van der Waals surface area contributed by atoms with Crippen LogP contribution in [-0.4, -0.2) is 18.1 Å². The number of benzene rings is 1. The van der Waals surface area contributed by atoms with Crippen molar-refractivity contribution in [3.63, 3.8) is 0 Å². The Labute approximate surface area is 124 Å². The fourth-order valence-electron chi connectivity index (χ4n) is 1.36. The Morgan fingerprint density at radius 1 is 1.37 bits per heavy atom. The first kappa shape index (κ1) is 14.1. The zero-order valence-corrected chi connectivity index (χ0v) is 12.2. The fourth-order valence-corrected chi connectivity index (χ4v) is 2.57. The van der Waals surface area contributed by atoms with E-state index in [4.69, 9.17) is 23.2 Å². The van der Waals surface area contributed by atoms with E-state index in [0.29, 0.717) is 19.9 Å². The van der Waals surface area contributed by atoms with E-state index >= 15 is 0 Å². The monoisotopic (exact) mass is 313 g/mol. The number of nitrogens with zero attached hydrogens (tertiary/aromatic N) is 1. The number of aromatic nitrogens is 1. The molecule has 3 nitrogen and oxygen atoms in total. The largest absolute Gasteiger partial charge is 0.465 e. The van der Waals surface area contributed by atoms with Crippen molar-refractivity contribution < 1.29 is 9.53 Å². The number of rotatable bonds is 3. The van der Waals surface area contributed by atoms with Gasteiger partial charge in [0.25, 0.3) is 0 Å². The molecule has 0 bridgehead atoms. The van der Waals surface area contributed by atoms with Crippen molar-refractivity contribution in [1.29, 1.82) is 0 Å².